The Hall–Kier alpha value is -2.14. The van der Waals surface area contributed by atoms with Gasteiger partial charge in [0.25, 0.3) is 0 Å². The fourth-order valence-corrected chi connectivity index (χ4v) is 1.49. The van der Waals surface area contributed by atoms with Crippen molar-refractivity contribution in [3.63, 3.8) is 0 Å². The highest BCUT2D eigenvalue weighted by atomic mass is 35.5. The Kier molecular flexibility index (Phi) is 4.30. The molecule has 0 fully saturated rings. The van der Waals surface area contributed by atoms with Crippen molar-refractivity contribution in [1.82, 2.24) is 9.97 Å². The molecule has 98 valence electrons. The lowest BCUT2D eigenvalue weighted by Crippen LogP contribution is -2.10. The largest absolute Gasteiger partial charge is 0.324 e. The Bertz CT molecular complexity index is 554. The molecule has 0 spiro atoms. The number of hydrogen-bond donors (Lipinski definition) is 2. The van der Waals surface area contributed by atoms with Gasteiger partial charge in [-0.05, 0) is 24.3 Å². The highest BCUT2D eigenvalue weighted by molar-refractivity contribution is 6.30. The van der Waals surface area contributed by atoms with E-state index in [2.05, 4.69) is 20.6 Å². The van der Waals surface area contributed by atoms with E-state index in [1.807, 2.05) is 12.1 Å². The average Bonchev–Trinajstić information content (AvgIpc) is 2.43. The third kappa shape index (κ3) is 3.93. The van der Waals surface area contributed by atoms with E-state index in [4.69, 9.17) is 11.6 Å². The first-order valence-corrected chi connectivity index (χ1v) is 6.19. The summed E-state index contributed by atoms with van der Waals surface area (Å²) in [6.07, 6.45) is 3.53. The van der Waals surface area contributed by atoms with Crippen LogP contribution in [0, 0.1) is 0 Å². The van der Waals surface area contributed by atoms with E-state index in [9.17, 15) is 4.79 Å². The monoisotopic (exact) mass is 276 g/mol. The summed E-state index contributed by atoms with van der Waals surface area (Å²) < 4.78 is 0. The quantitative estimate of drug-likeness (QED) is 0.900. The highest BCUT2D eigenvalue weighted by Crippen LogP contribution is 2.16. The molecule has 19 heavy (non-hydrogen) atoms. The first-order valence-electron chi connectivity index (χ1n) is 5.82. The summed E-state index contributed by atoms with van der Waals surface area (Å²) >= 11 is 5.80. The minimum Gasteiger partial charge on any atom is -0.324 e. The van der Waals surface area contributed by atoms with Crippen LogP contribution in [0.4, 0.5) is 17.3 Å². The molecule has 1 amide bonds. The fourth-order valence-electron chi connectivity index (χ4n) is 1.37. The van der Waals surface area contributed by atoms with Crippen molar-refractivity contribution in [2.45, 2.75) is 13.3 Å². The molecule has 0 saturated heterocycles. The number of carbonyl (C=O) groups excluding carboxylic acids is 1. The van der Waals surface area contributed by atoms with Crippen LogP contribution >= 0.6 is 11.6 Å². The van der Waals surface area contributed by atoms with E-state index in [1.165, 1.54) is 0 Å². The second kappa shape index (κ2) is 6.15. The molecule has 5 nitrogen and oxygen atoms in total. The second-order valence-corrected chi connectivity index (χ2v) is 4.27. The lowest BCUT2D eigenvalue weighted by molar-refractivity contribution is -0.115. The molecule has 2 N–H and O–H groups in total. The third-order valence-corrected chi connectivity index (χ3v) is 2.61. The van der Waals surface area contributed by atoms with Crippen LogP contribution in [0.3, 0.4) is 0 Å². The van der Waals surface area contributed by atoms with Gasteiger partial charge in [0.05, 0.1) is 18.1 Å². The van der Waals surface area contributed by atoms with Crippen LogP contribution < -0.4 is 10.6 Å². The second-order valence-electron chi connectivity index (χ2n) is 3.83. The molecule has 0 radical (unpaired) electrons. The zero-order valence-electron chi connectivity index (χ0n) is 10.4. The van der Waals surface area contributed by atoms with E-state index in [1.54, 1.807) is 31.5 Å². The van der Waals surface area contributed by atoms with Gasteiger partial charge in [0.2, 0.25) is 11.9 Å². The minimum atomic E-state index is -0.0676. The van der Waals surface area contributed by atoms with Gasteiger partial charge < -0.3 is 10.6 Å². The summed E-state index contributed by atoms with van der Waals surface area (Å²) in [5.74, 6) is 0.388. The molecule has 0 atom stereocenters. The van der Waals surface area contributed by atoms with Crippen molar-refractivity contribution >= 4 is 34.8 Å². The van der Waals surface area contributed by atoms with Gasteiger partial charge in [-0.3, -0.25) is 4.79 Å². The van der Waals surface area contributed by atoms with Gasteiger partial charge in [0.1, 0.15) is 0 Å². The van der Waals surface area contributed by atoms with Gasteiger partial charge in [0, 0.05) is 17.1 Å². The topological polar surface area (TPSA) is 66.9 Å². The third-order valence-electron chi connectivity index (χ3n) is 2.36. The van der Waals surface area contributed by atoms with Gasteiger partial charge >= 0.3 is 0 Å². The van der Waals surface area contributed by atoms with Crippen molar-refractivity contribution in [3.05, 3.63) is 41.7 Å². The number of amides is 1. The molecule has 0 aliphatic rings. The summed E-state index contributed by atoms with van der Waals surface area (Å²) in [6, 6.07) is 7.22. The summed E-state index contributed by atoms with van der Waals surface area (Å²) in [6.45, 7) is 1.78. The summed E-state index contributed by atoms with van der Waals surface area (Å²) in [5, 5.41) is 6.38. The molecule has 0 aliphatic heterocycles. The van der Waals surface area contributed by atoms with E-state index >= 15 is 0 Å². The predicted molar refractivity (Wildman–Crippen MR) is 75.7 cm³/mol. The first kappa shape index (κ1) is 13.3. The minimum absolute atomic E-state index is 0.0676. The molecule has 2 aromatic rings. The van der Waals surface area contributed by atoms with Crippen LogP contribution in [-0.4, -0.2) is 15.9 Å². The standard InChI is InChI=1S/C13H13ClN4O/c1-2-12(19)17-11-7-15-13(16-8-11)18-10-5-3-9(14)4-6-10/h3-8H,2H2,1H3,(H,17,19)(H,15,16,18). The Morgan fingerprint density at radius 1 is 1.16 bits per heavy atom. The van der Waals surface area contributed by atoms with Crippen LogP contribution in [0.2, 0.25) is 5.02 Å². The zero-order chi connectivity index (χ0) is 13.7. The molecular formula is C13H13ClN4O. The lowest BCUT2D eigenvalue weighted by Gasteiger charge is -2.06. The highest BCUT2D eigenvalue weighted by Gasteiger charge is 2.01. The van der Waals surface area contributed by atoms with E-state index < -0.39 is 0 Å². The van der Waals surface area contributed by atoms with Crippen molar-refractivity contribution in [2.24, 2.45) is 0 Å². The molecule has 0 saturated carbocycles. The van der Waals surface area contributed by atoms with Crippen LogP contribution in [0.15, 0.2) is 36.7 Å². The number of aromatic nitrogens is 2. The van der Waals surface area contributed by atoms with Crippen LogP contribution in [0.25, 0.3) is 0 Å². The van der Waals surface area contributed by atoms with E-state index in [-0.39, 0.29) is 5.91 Å². The van der Waals surface area contributed by atoms with Crippen LogP contribution in [0.1, 0.15) is 13.3 Å². The van der Waals surface area contributed by atoms with Gasteiger partial charge in [-0.2, -0.15) is 0 Å². The number of anilines is 3. The van der Waals surface area contributed by atoms with Gasteiger partial charge in [0.15, 0.2) is 0 Å². The van der Waals surface area contributed by atoms with Crippen LogP contribution in [-0.2, 0) is 4.79 Å². The SMILES string of the molecule is CCC(=O)Nc1cnc(Nc2ccc(Cl)cc2)nc1. The zero-order valence-corrected chi connectivity index (χ0v) is 11.1. The Labute approximate surface area is 116 Å². The summed E-state index contributed by atoms with van der Waals surface area (Å²) in [7, 11) is 0. The number of nitrogens with one attached hydrogen (secondary N) is 2. The van der Waals surface area contributed by atoms with Crippen molar-refractivity contribution < 1.29 is 4.79 Å². The van der Waals surface area contributed by atoms with Gasteiger partial charge in [-0.15, -0.1) is 0 Å². The Morgan fingerprint density at radius 2 is 1.79 bits per heavy atom. The number of hydrogen-bond acceptors (Lipinski definition) is 4. The molecular weight excluding hydrogens is 264 g/mol. The maximum absolute atomic E-state index is 11.2. The predicted octanol–water partition coefficient (Wildman–Crippen LogP) is 3.22. The number of carbonyl (C=O) groups is 1. The molecule has 1 aromatic heterocycles. The maximum atomic E-state index is 11.2. The van der Waals surface area contributed by atoms with Crippen LogP contribution in [0.5, 0.6) is 0 Å². The normalized spacial score (nSPS) is 10.0. The first-order chi connectivity index (χ1) is 9.17. The van der Waals surface area contributed by atoms with Gasteiger partial charge in [-0.25, -0.2) is 9.97 Å². The number of rotatable bonds is 4. The molecule has 0 aliphatic carbocycles. The molecule has 2 rings (SSSR count). The average molecular weight is 277 g/mol. The van der Waals surface area contributed by atoms with E-state index in [0.29, 0.717) is 23.1 Å². The number of halogens is 1. The van der Waals surface area contributed by atoms with Crippen molar-refractivity contribution in [3.8, 4) is 0 Å². The van der Waals surface area contributed by atoms with Crippen molar-refractivity contribution in [1.29, 1.82) is 0 Å². The molecule has 0 unspecified atom stereocenters. The summed E-state index contributed by atoms with van der Waals surface area (Å²) in [5.41, 5.74) is 1.42. The van der Waals surface area contributed by atoms with E-state index in [0.717, 1.165) is 5.69 Å². The molecule has 6 heteroatoms. The number of benzene rings is 1. The Morgan fingerprint density at radius 3 is 2.37 bits per heavy atom. The van der Waals surface area contributed by atoms with Gasteiger partial charge in [-0.1, -0.05) is 18.5 Å². The smallest absolute Gasteiger partial charge is 0.227 e. The maximum Gasteiger partial charge on any atom is 0.227 e. The van der Waals surface area contributed by atoms with Crippen molar-refractivity contribution in [2.75, 3.05) is 10.6 Å². The summed E-state index contributed by atoms with van der Waals surface area (Å²) in [4.78, 5) is 19.4. The molecule has 1 aromatic carbocycles. The fraction of sp³-hybridized carbons (Fsp3) is 0.154. The molecule has 0 bridgehead atoms. The number of nitrogens with zero attached hydrogens (tertiary/aromatic N) is 2. The lowest BCUT2D eigenvalue weighted by atomic mass is 10.3. The molecule has 1 heterocycles. The Balaban J connectivity index is 2.02.